The van der Waals surface area contributed by atoms with Gasteiger partial charge in [0.2, 0.25) is 11.9 Å². The van der Waals surface area contributed by atoms with Crippen molar-refractivity contribution in [1.82, 2.24) is 15.0 Å². The molecule has 1 aromatic rings. The van der Waals surface area contributed by atoms with Gasteiger partial charge in [0.25, 0.3) is 0 Å². The Kier molecular flexibility index (Phi) is 5.14. The van der Waals surface area contributed by atoms with E-state index in [4.69, 9.17) is 9.47 Å². The van der Waals surface area contributed by atoms with Gasteiger partial charge in [-0.05, 0) is 19.3 Å². The van der Waals surface area contributed by atoms with Gasteiger partial charge in [0, 0.05) is 13.7 Å². The van der Waals surface area contributed by atoms with Crippen molar-refractivity contribution in [2.45, 2.75) is 32.2 Å². The third kappa shape index (κ3) is 4.20. The quantitative estimate of drug-likeness (QED) is 0.803. The van der Waals surface area contributed by atoms with Crippen molar-refractivity contribution < 1.29 is 9.47 Å². The smallest absolute Gasteiger partial charge is 0.323 e. The zero-order chi connectivity index (χ0) is 13.5. The van der Waals surface area contributed by atoms with E-state index in [9.17, 15) is 0 Å². The van der Waals surface area contributed by atoms with Gasteiger partial charge in [-0.15, -0.1) is 0 Å². The second kappa shape index (κ2) is 7.08. The zero-order valence-corrected chi connectivity index (χ0v) is 11.5. The molecule has 0 aromatic carbocycles. The molecule has 0 bridgehead atoms. The standard InChI is InChI=1S/C12H21N5O2/c1-3-6-19-12-16-10(13-2)15-11(17-12)14-9-5-4-7-18-8-9/h9H,3-8H2,1-2H3,(H2,13,14,15,16,17). The van der Waals surface area contributed by atoms with Gasteiger partial charge in [-0.1, -0.05) is 6.92 Å². The van der Waals surface area contributed by atoms with Gasteiger partial charge < -0.3 is 20.1 Å². The molecule has 2 N–H and O–H groups in total. The Morgan fingerprint density at radius 2 is 2.16 bits per heavy atom. The molecule has 1 aliphatic heterocycles. The van der Waals surface area contributed by atoms with Crippen molar-refractivity contribution in [3.63, 3.8) is 0 Å². The number of aromatic nitrogens is 3. The molecule has 2 heterocycles. The molecule has 1 fully saturated rings. The summed E-state index contributed by atoms with van der Waals surface area (Å²) in [6.45, 7) is 4.16. The predicted octanol–water partition coefficient (Wildman–Crippen LogP) is 1.29. The van der Waals surface area contributed by atoms with Crippen molar-refractivity contribution in [3.05, 3.63) is 0 Å². The van der Waals surface area contributed by atoms with Gasteiger partial charge in [0.1, 0.15) is 0 Å². The number of hydrogen-bond acceptors (Lipinski definition) is 7. The highest BCUT2D eigenvalue weighted by atomic mass is 16.5. The van der Waals surface area contributed by atoms with Crippen LogP contribution in [0.4, 0.5) is 11.9 Å². The van der Waals surface area contributed by atoms with Gasteiger partial charge >= 0.3 is 6.01 Å². The van der Waals surface area contributed by atoms with Crippen molar-refractivity contribution in [2.75, 3.05) is 37.5 Å². The topological polar surface area (TPSA) is 81.2 Å². The summed E-state index contributed by atoms with van der Waals surface area (Å²) in [5, 5.41) is 6.17. The second-order valence-corrected chi connectivity index (χ2v) is 4.42. The third-order valence-corrected chi connectivity index (χ3v) is 2.77. The van der Waals surface area contributed by atoms with Gasteiger partial charge in [-0.3, -0.25) is 0 Å². The van der Waals surface area contributed by atoms with Crippen LogP contribution in [0.5, 0.6) is 6.01 Å². The van der Waals surface area contributed by atoms with E-state index in [-0.39, 0.29) is 6.04 Å². The minimum absolute atomic E-state index is 0.250. The van der Waals surface area contributed by atoms with Crippen molar-refractivity contribution in [1.29, 1.82) is 0 Å². The van der Waals surface area contributed by atoms with Crippen LogP contribution in [-0.2, 0) is 4.74 Å². The molecule has 0 radical (unpaired) electrons. The first kappa shape index (κ1) is 13.8. The van der Waals surface area contributed by atoms with E-state index in [1.807, 2.05) is 6.92 Å². The molecular weight excluding hydrogens is 246 g/mol. The Balaban J connectivity index is 2.04. The summed E-state index contributed by atoms with van der Waals surface area (Å²) in [4.78, 5) is 12.7. The molecule has 7 nitrogen and oxygen atoms in total. The van der Waals surface area contributed by atoms with E-state index in [0.717, 1.165) is 25.9 Å². The Morgan fingerprint density at radius 1 is 1.32 bits per heavy atom. The zero-order valence-electron chi connectivity index (χ0n) is 11.5. The minimum Gasteiger partial charge on any atom is -0.463 e. The lowest BCUT2D eigenvalue weighted by Gasteiger charge is -2.23. The van der Waals surface area contributed by atoms with Crippen LogP contribution < -0.4 is 15.4 Å². The minimum atomic E-state index is 0.250. The van der Waals surface area contributed by atoms with Crippen LogP contribution in [0.15, 0.2) is 0 Å². The SMILES string of the molecule is CCCOc1nc(NC)nc(NC2CCCOC2)n1. The summed E-state index contributed by atoms with van der Waals surface area (Å²) in [7, 11) is 1.77. The lowest BCUT2D eigenvalue weighted by Crippen LogP contribution is -2.31. The summed E-state index contributed by atoms with van der Waals surface area (Å²) < 4.78 is 10.9. The molecule has 1 atom stereocenters. The number of nitrogens with one attached hydrogen (secondary N) is 2. The molecule has 0 aliphatic carbocycles. The fraction of sp³-hybridized carbons (Fsp3) is 0.750. The summed E-state index contributed by atoms with van der Waals surface area (Å²) in [5.41, 5.74) is 0. The van der Waals surface area contributed by atoms with Crippen molar-refractivity contribution in [3.8, 4) is 6.01 Å². The molecule has 0 saturated carbocycles. The molecule has 1 aliphatic rings. The Hall–Kier alpha value is -1.63. The van der Waals surface area contributed by atoms with Crippen LogP contribution in [0.25, 0.3) is 0 Å². The molecule has 106 valence electrons. The maximum atomic E-state index is 5.45. The first-order valence-electron chi connectivity index (χ1n) is 6.72. The molecular formula is C12H21N5O2. The van der Waals surface area contributed by atoms with Crippen molar-refractivity contribution in [2.24, 2.45) is 0 Å². The van der Waals surface area contributed by atoms with Gasteiger partial charge in [0.05, 0.1) is 19.3 Å². The molecule has 7 heteroatoms. The fourth-order valence-electron chi connectivity index (χ4n) is 1.83. The van der Waals surface area contributed by atoms with Crippen LogP contribution in [0, 0.1) is 0 Å². The number of anilines is 2. The Bertz CT molecular complexity index is 396. The monoisotopic (exact) mass is 267 g/mol. The summed E-state index contributed by atoms with van der Waals surface area (Å²) in [6, 6.07) is 0.598. The molecule has 19 heavy (non-hydrogen) atoms. The highest BCUT2D eigenvalue weighted by Gasteiger charge is 2.16. The second-order valence-electron chi connectivity index (χ2n) is 4.42. The van der Waals surface area contributed by atoms with Crippen molar-refractivity contribution >= 4 is 11.9 Å². The normalized spacial score (nSPS) is 18.9. The number of nitrogens with zero attached hydrogens (tertiary/aromatic N) is 3. The highest BCUT2D eigenvalue weighted by molar-refractivity contribution is 5.36. The molecule has 2 rings (SSSR count). The lowest BCUT2D eigenvalue weighted by atomic mass is 10.1. The Labute approximate surface area is 113 Å². The number of ether oxygens (including phenoxy) is 2. The Morgan fingerprint density at radius 3 is 2.84 bits per heavy atom. The fourth-order valence-corrected chi connectivity index (χ4v) is 1.83. The first-order valence-corrected chi connectivity index (χ1v) is 6.72. The summed E-state index contributed by atoms with van der Waals surface area (Å²) in [6.07, 6.45) is 3.03. The maximum Gasteiger partial charge on any atom is 0.323 e. The molecule has 0 amide bonds. The molecule has 1 aromatic heterocycles. The lowest BCUT2D eigenvalue weighted by molar-refractivity contribution is 0.0873. The predicted molar refractivity (Wildman–Crippen MR) is 72.6 cm³/mol. The van der Waals surface area contributed by atoms with E-state index in [0.29, 0.717) is 31.1 Å². The average Bonchev–Trinajstić information content (AvgIpc) is 2.46. The molecule has 0 spiro atoms. The van der Waals surface area contributed by atoms with E-state index in [2.05, 4.69) is 25.6 Å². The summed E-state index contributed by atoms with van der Waals surface area (Å²) in [5.74, 6) is 1.03. The van der Waals surface area contributed by atoms with Gasteiger partial charge in [0.15, 0.2) is 0 Å². The summed E-state index contributed by atoms with van der Waals surface area (Å²) >= 11 is 0. The van der Waals surface area contributed by atoms with E-state index in [1.165, 1.54) is 0 Å². The van der Waals surface area contributed by atoms with Crippen LogP contribution in [0.1, 0.15) is 26.2 Å². The van der Waals surface area contributed by atoms with Gasteiger partial charge in [-0.25, -0.2) is 0 Å². The average molecular weight is 267 g/mol. The van der Waals surface area contributed by atoms with Gasteiger partial charge in [-0.2, -0.15) is 15.0 Å². The van der Waals surface area contributed by atoms with Crippen LogP contribution >= 0.6 is 0 Å². The van der Waals surface area contributed by atoms with Crippen LogP contribution in [0.2, 0.25) is 0 Å². The van der Waals surface area contributed by atoms with E-state index in [1.54, 1.807) is 7.05 Å². The first-order chi connectivity index (χ1) is 9.31. The van der Waals surface area contributed by atoms with Crippen LogP contribution in [0.3, 0.4) is 0 Å². The van der Waals surface area contributed by atoms with E-state index >= 15 is 0 Å². The number of hydrogen-bond donors (Lipinski definition) is 2. The third-order valence-electron chi connectivity index (χ3n) is 2.77. The van der Waals surface area contributed by atoms with Crippen LogP contribution in [-0.4, -0.2) is 47.9 Å². The molecule has 1 saturated heterocycles. The van der Waals surface area contributed by atoms with E-state index < -0.39 is 0 Å². The molecule has 1 unspecified atom stereocenters. The maximum absolute atomic E-state index is 5.45. The number of rotatable bonds is 6. The highest BCUT2D eigenvalue weighted by Crippen LogP contribution is 2.15. The largest absolute Gasteiger partial charge is 0.463 e.